The molecule has 1 unspecified atom stereocenters. The van der Waals surface area contributed by atoms with Crippen molar-refractivity contribution < 1.29 is 9.53 Å². The van der Waals surface area contributed by atoms with Gasteiger partial charge in [-0.05, 0) is 36.9 Å². The van der Waals surface area contributed by atoms with Gasteiger partial charge in [0, 0.05) is 0 Å². The molecule has 0 aromatic rings. The third-order valence-electron chi connectivity index (χ3n) is 4.44. The molecule has 0 amide bonds. The Morgan fingerprint density at radius 2 is 1.62 bits per heavy atom. The van der Waals surface area contributed by atoms with Crippen LogP contribution in [0, 0.1) is 5.92 Å². The second kappa shape index (κ2) is 6.77. The summed E-state index contributed by atoms with van der Waals surface area (Å²) in [6, 6.07) is 3.55. The Morgan fingerprint density at radius 3 is 2.00 bits per heavy atom. The molecule has 1 rings (SSSR count). The second-order valence-corrected chi connectivity index (χ2v) is 9.85. The molecule has 0 radical (unpaired) electrons. The quantitative estimate of drug-likeness (QED) is 0.694. The average molecular weight is 244 g/mol. The molecule has 16 heavy (non-hydrogen) atoms. The topological polar surface area (TPSA) is 29.5 Å². The van der Waals surface area contributed by atoms with Crippen molar-refractivity contribution in [2.45, 2.75) is 70.7 Å². The highest BCUT2D eigenvalue weighted by Gasteiger charge is 2.35. The van der Waals surface area contributed by atoms with Crippen LogP contribution in [0.2, 0.25) is 18.1 Å². The zero-order valence-corrected chi connectivity index (χ0v) is 12.2. The molecule has 0 bridgehead atoms. The predicted octanol–water partition coefficient (Wildman–Crippen LogP) is 3.56. The van der Waals surface area contributed by atoms with Gasteiger partial charge >= 0.3 is 0 Å². The minimum Gasteiger partial charge on any atom is -0.411 e. The van der Waals surface area contributed by atoms with Gasteiger partial charge in [0.2, 0.25) is 0 Å². The fraction of sp³-hybridized carbons (Fsp3) is 1.00. The van der Waals surface area contributed by atoms with E-state index in [1.165, 1.54) is 43.8 Å². The predicted molar refractivity (Wildman–Crippen MR) is 71.1 cm³/mol. The van der Waals surface area contributed by atoms with Crippen LogP contribution >= 0.6 is 0 Å². The van der Waals surface area contributed by atoms with E-state index in [0.717, 1.165) is 0 Å². The average Bonchev–Trinajstić information content (AvgIpc) is 2.85. The van der Waals surface area contributed by atoms with E-state index in [9.17, 15) is 5.11 Å². The Bertz CT molecular complexity index is 178. The summed E-state index contributed by atoms with van der Waals surface area (Å²) in [7, 11) is -1.53. The maximum Gasteiger partial charge on any atom is 0.192 e. The van der Waals surface area contributed by atoms with Crippen LogP contribution in [0.4, 0.5) is 0 Å². The van der Waals surface area contributed by atoms with Gasteiger partial charge in [-0.1, -0.05) is 33.6 Å². The zero-order valence-electron chi connectivity index (χ0n) is 11.2. The molecule has 1 atom stereocenters. The molecule has 1 fully saturated rings. The Labute approximate surface area is 102 Å². The summed E-state index contributed by atoms with van der Waals surface area (Å²) < 4.78 is 6.41. The minimum absolute atomic E-state index is 0.133. The fourth-order valence-corrected chi connectivity index (χ4v) is 5.84. The minimum atomic E-state index is -1.53. The second-order valence-electron chi connectivity index (χ2n) is 5.13. The summed E-state index contributed by atoms with van der Waals surface area (Å²) in [6.07, 6.45) is 5.29. The van der Waals surface area contributed by atoms with Crippen LogP contribution in [0.5, 0.6) is 0 Å². The van der Waals surface area contributed by atoms with Gasteiger partial charge in [0.1, 0.15) is 0 Å². The van der Waals surface area contributed by atoms with E-state index in [1.807, 2.05) is 0 Å². The van der Waals surface area contributed by atoms with Crippen LogP contribution in [0.3, 0.4) is 0 Å². The fourth-order valence-electron chi connectivity index (χ4n) is 2.93. The molecule has 0 spiro atoms. The van der Waals surface area contributed by atoms with Gasteiger partial charge in [0.25, 0.3) is 0 Å². The summed E-state index contributed by atoms with van der Waals surface area (Å²) in [5, 5.41) is 9.53. The third kappa shape index (κ3) is 3.31. The molecule has 1 aliphatic rings. The van der Waals surface area contributed by atoms with Crippen molar-refractivity contribution in [1.82, 2.24) is 0 Å². The molecule has 3 heteroatoms. The largest absolute Gasteiger partial charge is 0.411 e. The lowest BCUT2D eigenvalue weighted by Crippen LogP contribution is -2.43. The van der Waals surface area contributed by atoms with Crippen LogP contribution in [0.1, 0.15) is 46.5 Å². The van der Waals surface area contributed by atoms with Crippen LogP contribution in [-0.4, -0.2) is 26.1 Å². The summed E-state index contributed by atoms with van der Waals surface area (Å²) in [4.78, 5) is 0. The monoisotopic (exact) mass is 244 g/mol. The van der Waals surface area contributed by atoms with Gasteiger partial charge in [-0.15, -0.1) is 0 Å². The third-order valence-corrected chi connectivity index (χ3v) is 9.11. The van der Waals surface area contributed by atoms with E-state index >= 15 is 0 Å². The number of hydrogen-bond donors (Lipinski definition) is 1. The van der Waals surface area contributed by atoms with E-state index in [1.54, 1.807) is 0 Å². The molecule has 1 aliphatic carbocycles. The van der Waals surface area contributed by atoms with Crippen molar-refractivity contribution in [3.8, 4) is 0 Å². The number of aliphatic hydroxyl groups excluding tert-OH is 1. The van der Waals surface area contributed by atoms with E-state index in [4.69, 9.17) is 4.43 Å². The molecular weight excluding hydrogens is 216 g/mol. The van der Waals surface area contributed by atoms with E-state index in [2.05, 4.69) is 20.8 Å². The Balaban J connectivity index is 2.58. The number of hydrogen-bond acceptors (Lipinski definition) is 2. The van der Waals surface area contributed by atoms with Gasteiger partial charge in [0.15, 0.2) is 8.32 Å². The molecule has 96 valence electrons. The number of aliphatic hydroxyl groups is 1. The molecular formula is C13H28O2Si. The molecule has 0 saturated heterocycles. The highest BCUT2D eigenvalue weighted by atomic mass is 28.4. The zero-order chi connectivity index (χ0) is 12.0. The Hall–Kier alpha value is 0.137. The lowest BCUT2D eigenvalue weighted by atomic mass is 10.0. The Morgan fingerprint density at radius 1 is 1.12 bits per heavy atom. The molecule has 0 aliphatic heterocycles. The Kier molecular flexibility index (Phi) is 6.01. The summed E-state index contributed by atoms with van der Waals surface area (Å²) in [5.41, 5.74) is 0. The van der Waals surface area contributed by atoms with Crippen LogP contribution in [-0.2, 0) is 4.43 Å². The van der Waals surface area contributed by atoms with E-state index in [-0.39, 0.29) is 12.7 Å². The summed E-state index contributed by atoms with van der Waals surface area (Å²) in [5.74, 6) is 0.626. The maximum atomic E-state index is 9.53. The van der Waals surface area contributed by atoms with E-state index < -0.39 is 8.32 Å². The van der Waals surface area contributed by atoms with Crippen molar-refractivity contribution >= 4 is 8.32 Å². The normalized spacial score (nSPS) is 20.2. The van der Waals surface area contributed by atoms with Gasteiger partial charge in [-0.3, -0.25) is 0 Å². The highest BCUT2D eigenvalue weighted by Crippen LogP contribution is 2.33. The van der Waals surface area contributed by atoms with Crippen molar-refractivity contribution in [1.29, 1.82) is 0 Å². The summed E-state index contributed by atoms with van der Waals surface area (Å²) in [6.45, 7) is 6.98. The highest BCUT2D eigenvalue weighted by molar-refractivity contribution is 6.73. The first-order valence-electron chi connectivity index (χ1n) is 7.00. The van der Waals surface area contributed by atoms with Crippen LogP contribution in [0.15, 0.2) is 0 Å². The van der Waals surface area contributed by atoms with Gasteiger partial charge < -0.3 is 9.53 Å². The van der Waals surface area contributed by atoms with Crippen molar-refractivity contribution in [3.63, 3.8) is 0 Å². The van der Waals surface area contributed by atoms with Crippen LogP contribution in [0.25, 0.3) is 0 Å². The lowest BCUT2D eigenvalue weighted by Gasteiger charge is -2.35. The first-order chi connectivity index (χ1) is 7.71. The van der Waals surface area contributed by atoms with E-state index in [0.29, 0.717) is 5.92 Å². The van der Waals surface area contributed by atoms with Gasteiger partial charge in [-0.25, -0.2) is 0 Å². The van der Waals surface area contributed by atoms with Crippen molar-refractivity contribution in [2.24, 2.45) is 5.92 Å². The standard InChI is InChI=1S/C13H28O2Si/c1-4-16(5-2,6-3)15-13(11-14)12-9-7-8-10-12/h12-14H,4-11H2,1-3H3. The molecule has 2 nitrogen and oxygen atoms in total. The lowest BCUT2D eigenvalue weighted by molar-refractivity contribution is 0.0603. The first kappa shape index (κ1) is 14.2. The first-order valence-corrected chi connectivity index (χ1v) is 9.53. The number of rotatable bonds is 7. The van der Waals surface area contributed by atoms with Crippen molar-refractivity contribution in [2.75, 3.05) is 6.61 Å². The van der Waals surface area contributed by atoms with Gasteiger partial charge in [0.05, 0.1) is 12.7 Å². The van der Waals surface area contributed by atoms with Crippen LogP contribution < -0.4 is 0 Å². The maximum absolute atomic E-state index is 9.53. The molecule has 0 heterocycles. The van der Waals surface area contributed by atoms with Gasteiger partial charge in [-0.2, -0.15) is 0 Å². The summed E-state index contributed by atoms with van der Waals surface area (Å²) >= 11 is 0. The molecule has 1 N–H and O–H groups in total. The molecule has 0 aromatic carbocycles. The SMILES string of the molecule is CC[Si](CC)(CC)OC(CO)C1CCCC1. The molecule has 1 saturated carbocycles. The molecule has 0 aromatic heterocycles. The van der Waals surface area contributed by atoms with Crippen molar-refractivity contribution in [3.05, 3.63) is 0 Å². The smallest absolute Gasteiger partial charge is 0.192 e.